The minimum absolute atomic E-state index is 0.0696. The van der Waals surface area contributed by atoms with Gasteiger partial charge in [0.25, 0.3) is 17.7 Å². The largest absolute Gasteiger partial charge is 0.424 e. The molecule has 0 radical (unpaired) electrons. The number of fused-ring (bicyclic) bond motifs is 1. The van der Waals surface area contributed by atoms with E-state index in [9.17, 15) is 24.0 Å². The van der Waals surface area contributed by atoms with Gasteiger partial charge in [0, 0.05) is 56.4 Å². The van der Waals surface area contributed by atoms with E-state index in [1.807, 2.05) is 48.5 Å². The Morgan fingerprint density at radius 3 is 2.21 bits per heavy atom. The van der Waals surface area contributed by atoms with Crippen molar-refractivity contribution in [3.63, 3.8) is 0 Å². The fraction of sp³-hybridized carbons (Fsp3) is 0.206. The maximum atomic E-state index is 13.5. The predicted octanol–water partition coefficient (Wildman–Crippen LogP) is 3.25. The Labute approximate surface area is 269 Å². The van der Waals surface area contributed by atoms with Gasteiger partial charge in [-0.15, -0.1) is 0 Å². The lowest BCUT2D eigenvalue weighted by atomic mass is 10.0. The molecular formula is C34H29N7O6. The fourth-order valence-corrected chi connectivity index (χ4v) is 6.01. The fourth-order valence-electron chi connectivity index (χ4n) is 6.01. The number of rotatable bonds is 7. The molecule has 1 unspecified atom stereocenters. The number of para-hydroxylation sites is 1. The predicted molar refractivity (Wildman–Crippen MR) is 170 cm³/mol. The smallest absolute Gasteiger partial charge is 0.321 e. The summed E-state index contributed by atoms with van der Waals surface area (Å²) in [7, 11) is 0. The van der Waals surface area contributed by atoms with E-state index in [4.69, 9.17) is 4.74 Å². The van der Waals surface area contributed by atoms with Crippen LogP contribution in [0.3, 0.4) is 0 Å². The van der Waals surface area contributed by atoms with Gasteiger partial charge in [-0.05, 0) is 55.0 Å². The van der Waals surface area contributed by atoms with E-state index in [1.54, 1.807) is 24.3 Å². The third-order valence-corrected chi connectivity index (χ3v) is 8.40. The number of hydrogen-bond acceptors (Lipinski definition) is 10. The van der Waals surface area contributed by atoms with E-state index in [-0.39, 0.29) is 30.3 Å². The van der Waals surface area contributed by atoms with Crippen molar-refractivity contribution in [3.05, 3.63) is 102 Å². The van der Waals surface area contributed by atoms with Crippen molar-refractivity contribution in [1.29, 1.82) is 0 Å². The number of ether oxygens (including phenoxy) is 1. The third kappa shape index (κ3) is 5.86. The topological polar surface area (TPSA) is 154 Å². The molecule has 0 saturated carbocycles. The van der Waals surface area contributed by atoms with Crippen molar-refractivity contribution in [2.24, 2.45) is 0 Å². The zero-order chi connectivity index (χ0) is 32.5. The second-order valence-corrected chi connectivity index (χ2v) is 11.3. The maximum absolute atomic E-state index is 13.5. The van der Waals surface area contributed by atoms with Gasteiger partial charge >= 0.3 is 6.01 Å². The van der Waals surface area contributed by atoms with E-state index in [2.05, 4.69) is 30.4 Å². The molecule has 2 saturated heterocycles. The Hall–Kier alpha value is -6.11. The first-order chi connectivity index (χ1) is 22.9. The molecule has 5 amide bonds. The molecule has 1 atom stereocenters. The van der Waals surface area contributed by atoms with Crippen LogP contribution in [0, 0.1) is 0 Å². The highest BCUT2D eigenvalue weighted by Gasteiger charge is 2.46. The molecule has 0 bridgehead atoms. The summed E-state index contributed by atoms with van der Waals surface area (Å²) in [6.07, 6.45) is 3.00. The Morgan fingerprint density at radius 1 is 0.809 bits per heavy atom. The summed E-state index contributed by atoms with van der Waals surface area (Å²) in [5, 5.41) is 5.09. The number of nitrogens with one attached hydrogen (secondary N) is 2. The minimum Gasteiger partial charge on any atom is -0.424 e. The first kappa shape index (κ1) is 29.6. The second kappa shape index (κ2) is 12.4. The number of imide groups is 2. The Balaban J connectivity index is 0.962. The average Bonchev–Trinajstić information content (AvgIpc) is 3.35. The molecule has 2 N–H and O–H groups in total. The highest BCUT2D eigenvalue weighted by atomic mass is 16.5. The molecule has 4 heterocycles. The lowest BCUT2D eigenvalue weighted by Gasteiger charge is -2.38. The lowest BCUT2D eigenvalue weighted by molar-refractivity contribution is -0.136. The van der Waals surface area contributed by atoms with Crippen LogP contribution >= 0.6 is 0 Å². The molecule has 3 aliphatic heterocycles. The zero-order valence-electron chi connectivity index (χ0n) is 25.1. The maximum Gasteiger partial charge on any atom is 0.321 e. The number of carbonyl (C=O) groups excluding carboxylic acids is 5. The van der Waals surface area contributed by atoms with Crippen LogP contribution in [0.2, 0.25) is 0 Å². The molecule has 13 nitrogen and oxygen atoms in total. The summed E-state index contributed by atoms with van der Waals surface area (Å²) in [5.41, 5.74) is 3.09. The summed E-state index contributed by atoms with van der Waals surface area (Å²) in [4.78, 5) is 77.1. The van der Waals surface area contributed by atoms with Crippen molar-refractivity contribution < 1.29 is 28.7 Å². The van der Waals surface area contributed by atoms with Gasteiger partial charge < -0.3 is 19.9 Å². The van der Waals surface area contributed by atoms with Gasteiger partial charge in [-0.2, -0.15) is 0 Å². The number of benzene rings is 3. The quantitative estimate of drug-likeness (QED) is 0.291. The van der Waals surface area contributed by atoms with Gasteiger partial charge in [0.1, 0.15) is 11.8 Å². The molecule has 0 spiro atoms. The van der Waals surface area contributed by atoms with Gasteiger partial charge in [-0.1, -0.05) is 24.3 Å². The Bertz CT molecular complexity index is 1870. The van der Waals surface area contributed by atoms with Crippen molar-refractivity contribution in [3.8, 4) is 11.8 Å². The number of piperidine rings is 1. The Kier molecular flexibility index (Phi) is 7.78. The SMILES string of the molecule is O=C1CCC(N2C(=O)c3cccc(N4CCN(c5ccc(NC(=O)c6cnc(Oc7ccccc7)nc6)cc5)CC4)c3C2=O)C(=O)N1. The molecule has 7 rings (SSSR count). The normalized spacial score (nSPS) is 17.8. The van der Waals surface area contributed by atoms with Crippen LogP contribution in [0.5, 0.6) is 11.8 Å². The molecular weight excluding hydrogens is 602 g/mol. The summed E-state index contributed by atoms with van der Waals surface area (Å²) in [6, 6.07) is 20.9. The number of piperazine rings is 1. The van der Waals surface area contributed by atoms with Gasteiger partial charge in [-0.3, -0.25) is 34.2 Å². The van der Waals surface area contributed by atoms with Crippen LogP contribution in [0.25, 0.3) is 0 Å². The number of anilines is 3. The van der Waals surface area contributed by atoms with Gasteiger partial charge in [0.15, 0.2) is 0 Å². The van der Waals surface area contributed by atoms with E-state index >= 15 is 0 Å². The van der Waals surface area contributed by atoms with Crippen molar-refractivity contribution >= 4 is 46.6 Å². The molecule has 3 aromatic carbocycles. The van der Waals surface area contributed by atoms with Crippen LogP contribution in [0.4, 0.5) is 17.1 Å². The summed E-state index contributed by atoms with van der Waals surface area (Å²) < 4.78 is 5.58. The first-order valence-corrected chi connectivity index (χ1v) is 15.2. The number of aromatic nitrogens is 2. The van der Waals surface area contributed by atoms with Crippen molar-refractivity contribution in [2.75, 3.05) is 41.3 Å². The minimum atomic E-state index is -1.01. The van der Waals surface area contributed by atoms with Crippen molar-refractivity contribution in [1.82, 2.24) is 20.2 Å². The first-order valence-electron chi connectivity index (χ1n) is 15.2. The molecule has 1 aromatic heterocycles. The van der Waals surface area contributed by atoms with Crippen LogP contribution in [0.1, 0.15) is 43.9 Å². The number of carbonyl (C=O) groups is 5. The second-order valence-electron chi connectivity index (χ2n) is 11.3. The number of hydrogen-bond donors (Lipinski definition) is 2. The molecule has 3 aliphatic rings. The van der Waals surface area contributed by atoms with Gasteiger partial charge in [0.05, 0.1) is 22.4 Å². The molecule has 47 heavy (non-hydrogen) atoms. The number of amides is 5. The monoisotopic (exact) mass is 631 g/mol. The van der Waals surface area contributed by atoms with Crippen LogP contribution < -0.4 is 25.2 Å². The van der Waals surface area contributed by atoms with E-state index < -0.39 is 29.7 Å². The standard InChI is InChI=1S/C34H29N7O6/c42-28-14-13-27(31(44)38-28)41-32(45)25-7-4-8-26(29(25)33(41)46)40-17-15-39(16-18-40)23-11-9-22(10-12-23)37-30(43)21-19-35-34(36-20-21)47-24-5-2-1-3-6-24/h1-12,19-20,27H,13-18H2,(H,37,43)(H,38,42,44). The van der Waals surface area contributed by atoms with E-state index in [0.29, 0.717) is 54.4 Å². The van der Waals surface area contributed by atoms with Crippen molar-refractivity contribution in [2.45, 2.75) is 18.9 Å². The number of nitrogens with zero attached hydrogens (tertiary/aromatic N) is 5. The van der Waals surface area contributed by atoms with E-state index in [1.165, 1.54) is 12.4 Å². The highest BCUT2D eigenvalue weighted by Crippen LogP contribution is 2.35. The molecule has 13 heteroatoms. The Morgan fingerprint density at radius 2 is 1.51 bits per heavy atom. The summed E-state index contributed by atoms with van der Waals surface area (Å²) in [6.45, 7) is 2.50. The third-order valence-electron chi connectivity index (χ3n) is 8.40. The molecule has 236 valence electrons. The van der Waals surface area contributed by atoms with Crippen LogP contribution in [0.15, 0.2) is 85.2 Å². The highest BCUT2D eigenvalue weighted by molar-refractivity contribution is 6.25. The molecule has 0 aliphatic carbocycles. The van der Waals surface area contributed by atoms with Crippen LogP contribution in [-0.4, -0.2) is 76.6 Å². The lowest BCUT2D eigenvalue weighted by Crippen LogP contribution is -2.54. The zero-order valence-corrected chi connectivity index (χ0v) is 25.1. The average molecular weight is 632 g/mol. The van der Waals surface area contributed by atoms with Gasteiger partial charge in [0.2, 0.25) is 11.8 Å². The van der Waals surface area contributed by atoms with E-state index in [0.717, 1.165) is 10.6 Å². The summed E-state index contributed by atoms with van der Waals surface area (Å²) in [5.74, 6) is -1.83. The van der Waals surface area contributed by atoms with Crippen LogP contribution in [-0.2, 0) is 9.59 Å². The summed E-state index contributed by atoms with van der Waals surface area (Å²) >= 11 is 0. The molecule has 2 fully saturated rings. The molecule has 4 aromatic rings. The van der Waals surface area contributed by atoms with Gasteiger partial charge in [-0.25, -0.2) is 9.97 Å².